The highest BCUT2D eigenvalue weighted by molar-refractivity contribution is 7.98. The summed E-state index contributed by atoms with van der Waals surface area (Å²) in [6, 6.07) is 19.8. The van der Waals surface area contributed by atoms with Crippen LogP contribution >= 0.6 is 11.8 Å². The number of halogens is 3. The molecule has 1 amide bonds. The first-order valence-corrected chi connectivity index (χ1v) is 15.7. The lowest BCUT2D eigenvalue weighted by atomic mass is 9.86. The summed E-state index contributed by atoms with van der Waals surface area (Å²) in [7, 11) is 0. The number of aromatic nitrogens is 1. The van der Waals surface area contributed by atoms with Crippen molar-refractivity contribution in [2.24, 2.45) is 5.92 Å². The topological polar surface area (TPSA) is 51.7 Å². The number of carbonyl (C=O) groups is 1. The number of alkyl halides is 3. The van der Waals surface area contributed by atoms with Crippen LogP contribution in [0.25, 0.3) is 0 Å². The average Bonchev–Trinajstić information content (AvgIpc) is 3.01. The number of amides is 1. The van der Waals surface area contributed by atoms with Crippen molar-refractivity contribution in [3.05, 3.63) is 84.2 Å². The van der Waals surface area contributed by atoms with Gasteiger partial charge in [0.05, 0.1) is 11.3 Å². The van der Waals surface area contributed by atoms with E-state index < -0.39 is 11.7 Å². The van der Waals surface area contributed by atoms with E-state index in [1.165, 1.54) is 12.1 Å². The Bertz CT molecular complexity index is 1300. The van der Waals surface area contributed by atoms with Crippen molar-refractivity contribution in [3.8, 4) is 0 Å². The van der Waals surface area contributed by atoms with Gasteiger partial charge in [0, 0.05) is 80.7 Å². The van der Waals surface area contributed by atoms with Gasteiger partial charge in [-0.05, 0) is 79.6 Å². The molecule has 0 spiro atoms. The number of thioether (sulfide) groups is 1. The predicted octanol–water partition coefficient (Wildman–Crippen LogP) is 6.25. The minimum Gasteiger partial charge on any atom is -0.369 e. The van der Waals surface area contributed by atoms with Gasteiger partial charge in [0.1, 0.15) is 0 Å². The second-order valence-electron chi connectivity index (χ2n) is 11.1. The van der Waals surface area contributed by atoms with Crippen molar-refractivity contribution in [1.29, 1.82) is 0 Å². The van der Waals surface area contributed by atoms with Crippen LogP contribution < -0.4 is 10.2 Å². The molecule has 0 radical (unpaired) electrons. The lowest BCUT2D eigenvalue weighted by Gasteiger charge is -2.47. The summed E-state index contributed by atoms with van der Waals surface area (Å²) in [4.78, 5) is 25.6. The molecule has 6 nitrogen and oxygen atoms in total. The first kappa shape index (κ1) is 30.4. The Morgan fingerprint density at radius 1 is 1.00 bits per heavy atom. The van der Waals surface area contributed by atoms with Crippen LogP contribution in [0, 0.1) is 5.92 Å². The van der Waals surface area contributed by atoms with Crippen LogP contribution in [0.2, 0.25) is 0 Å². The Morgan fingerprint density at radius 3 is 2.48 bits per heavy atom. The average molecular weight is 598 g/mol. The number of rotatable bonds is 9. The van der Waals surface area contributed by atoms with Crippen molar-refractivity contribution >= 4 is 29.0 Å². The summed E-state index contributed by atoms with van der Waals surface area (Å²) in [5, 5.41) is 3.05. The van der Waals surface area contributed by atoms with Gasteiger partial charge in [-0.2, -0.15) is 13.2 Å². The Kier molecular flexibility index (Phi) is 10.1. The number of piperazine rings is 1. The van der Waals surface area contributed by atoms with Crippen molar-refractivity contribution in [3.63, 3.8) is 0 Å². The number of anilines is 2. The molecular formula is C32H38F3N5OS. The van der Waals surface area contributed by atoms with Crippen molar-refractivity contribution in [1.82, 2.24) is 14.8 Å². The van der Waals surface area contributed by atoms with E-state index in [1.54, 1.807) is 17.8 Å². The fourth-order valence-electron chi connectivity index (χ4n) is 6.13. The van der Waals surface area contributed by atoms with Crippen LogP contribution in [-0.4, -0.2) is 72.3 Å². The summed E-state index contributed by atoms with van der Waals surface area (Å²) in [5.41, 5.74) is 1.85. The molecule has 5 rings (SSSR count). The van der Waals surface area contributed by atoms with Crippen molar-refractivity contribution < 1.29 is 18.0 Å². The zero-order chi connectivity index (χ0) is 29.5. The van der Waals surface area contributed by atoms with Gasteiger partial charge in [0.15, 0.2) is 0 Å². The van der Waals surface area contributed by atoms with E-state index in [9.17, 15) is 18.0 Å². The van der Waals surface area contributed by atoms with Gasteiger partial charge in [0.2, 0.25) is 5.91 Å². The number of hydrogen-bond donors (Lipinski definition) is 1. The standard InChI is InChI=1S/C32H38F3N5OS/c1-42-29-11-9-26(10-12-29)37-31(41)13-8-24-22-38(23-27-6-2-3-15-36-27)16-14-30(24)40-19-17-39(18-20-40)28-7-4-5-25(21-28)32(33,34)35/h2-7,9-12,15,21,24,30H,8,13-14,16-20,22-23H2,1H3,(H,37,41)/t24-,30+/m1/s1. The summed E-state index contributed by atoms with van der Waals surface area (Å²) >= 11 is 1.67. The first-order valence-electron chi connectivity index (χ1n) is 14.5. The first-order chi connectivity index (χ1) is 20.3. The molecule has 2 saturated heterocycles. The molecule has 2 atom stereocenters. The fourth-order valence-corrected chi connectivity index (χ4v) is 6.54. The third kappa shape index (κ3) is 8.05. The number of carbonyl (C=O) groups excluding carboxylic acids is 1. The molecule has 2 fully saturated rings. The molecule has 2 aliphatic heterocycles. The third-order valence-electron chi connectivity index (χ3n) is 8.33. The van der Waals surface area contributed by atoms with Gasteiger partial charge in [0.25, 0.3) is 0 Å². The fraction of sp³-hybridized carbons (Fsp3) is 0.438. The molecular weight excluding hydrogens is 559 g/mol. The van der Waals surface area contributed by atoms with Gasteiger partial charge >= 0.3 is 6.18 Å². The maximum absolute atomic E-state index is 13.3. The van der Waals surface area contributed by atoms with E-state index in [1.807, 2.05) is 59.8 Å². The third-order valence-corrected chi connectivity index (χ3v) is 9.07. The zero-order valence-corrected chi connectivity index (χ0v) is 24.7. The van der Waals surface area contributed by atoms with E-state index >= 15 is 0 Å². The maximum atomic E-state index is 13.3. The number of likely N-dealkylation sites (tertiary alicyclic amines) is 1. The van der Waals surface area contributed by atoms with E-state index in [-0.39, 0.29) is 5.91 Å². The summed E-state index contributed by atoms with van der Waals surface area (Å²) in [6.45, 7) is 5.52. The number of hydrogen-bond acceptors (Lipinski definition) is 6. The van der Waals surface area contributed by atoms with E-state index in [0.29, 0.717) is 37.2 Å². The van der Waals surface area contributed by atoms with E-state index in [2.05, 4.69) is 20.1 Å². The van der Waals surface area contributed by atoms with Crippen LogP contribution in [0.15, 0.2) is 77.8 Å². The molecule has 3 heterocycles. The Labute approximate surface area is 250 Å². The van der Waals surface area contributed by atoms with Crippen molar-refractivity contribution in [2.45, 2.75) is 42.9 Å². The number of nitrogens with one attached hydrogen (secondary N) is 1. The molecule has 42 heavy (non-hydrogen) atoms. The molecule has 0 aliphatic carbocycles. The van der Waals surface area contributed by atoms with Gasteiger partial charge in [-0.1, -0.05) is 12.1 Å². The number of piperidine rings is 1. The number of nitrogens with zero attached hydrogens (tertiary/aromatic N) is 4. The quantitative estimate of drug-likeness (QED) is 0.294. The molecule has 224 valence electrons. The number of pyridine rings is 1. The van der Waals surface area contributed by atoms with Crippen molar-refractivity contribution in [2.75, 3.05) is 55.7 Å². The molecule has 2 aliphatic rings. The van der Waals surface area contributed by atoms with Crippen LogP contribution in [-0.2, 0) is 17.5 Å². The Balaban J connectivity index is 1.22. The maximum Gasteiger partial charge on any atom is 0.416 e. The molecule has 1 N–H and O–H groups in total. The highest BCUT2D eigenvalue weighted by Crippen LogP contribution is 2.33. The van der Waals surface area contributed by atoms with Crippen LogP contribution in [0.1, 0.15) is 30.5 Å². The lowest BCUT2D eigenvalue weighted by molar-refractivity contribution is -0.137. The van der Waals surface area contributed by atoms with Gasteiger partial charge < -0.3 is 10.2 Å². The van der Waals surface area contributed by atoms with Crippen LogP contribution in [0.5, 0.6) is 0 Å². The van der Waals surface area contributed by atoms with Gasteiger partial charge in [-0.15, -0.1) is 11.8 Å². The minimum atomic E-state index is -4.35. The minimum absolute atomic E-state index is 0.0156. The molecule has 10 heteroatoms. The summed E-state index contributed by atoms with van der Waals surface area (Å²) in [6.07, 6.45) is 1.69. The molecule has 2 aromatic carbocycles. The van der Waals surface area contributed by atoms with Gasteiger partial charge in [-0.3, -0.25) is 19.6 Å². The monoisotopic (exact) mass is 597 g/mol. The highest BCUT2D eigenvalue weighted by atomic mass is 32.2. The Morgan fingerprint density at radius 2 is 1.79 bits per heavy atom. The molecule has 1 aromatic heterocycles. The largest absolute Gasteiger partial charge is 0.416 e. The van der Waals surface area contributed by atoms with E-state index in [0.717, 1.165) is 67.9 Å². The highest BCUT2D eigenvalue weighted by Gasteiger charge is 2.36. The SMILES string of the molecule is CSc1ccc(NC(=O)CC[C@@H]2CN(Cc3ccccn3)CC[C@@H]2N2CCN(c3cccc(C(F)(F)F)c3)CC2)cc1. The lowest BCUT2D eigenvalue weighted by Crippen LogP contribution is -2.56. The molecule has 0 bridgehead atoms. The molecule has 0 unspecified atom stereocenters. The Hall–Kier alpha value is -3.08. The second kappa shape index (κ2) is 13.9. The van der Waals surface area contributed by atoms with Crippen LogP contribution in [0.3, 0.4) is 0 Å². The van der Waals surface area contributed by atoms with Gasteiger partial charge in [-0.25, -0.2) is 0 Å². The van der Waals surface area contributed by atoms with Crippen LogP contribution in [0.4, 0.5) is 24.5 Å². The summed E-state index contributed by atoms with van der Waals surface area (Å²) < 4.78 is 39.8. The number of benzene rings is 2. The summed E-state index contributed by atoms with van der Waals surface area (Å²) in [5.74, 6) is 0.314. The molecule has 0 saturated carbocycles. The second-order valence-corrected chi connectivity index (χ2v) is 11.9. The zero-order valence-electron chi connectivity index (χ0n) is 23.9. The smallest absolute Gasteiger partial charge is 0.369 e. The normalized spacial score (nSPS) is 20.4. The van der Waals surface area contributed by atoms with E-state index in [4.69, 9.17) is 0 Å². The predicted molar refractivity (Wildman–Crippen MR) is 163 cm³/mol. The molecule has 3 aromatic rings.